The van der Waals surface area contributed by atoms with Gasteiger partial charge in [0.2, 0.25) is 0 Å². The van der Waals surface area contributed by atoms with Gasteiger partial charge >= 0.3 is 0 Å². The number of pyridine rings is 1. The summed E-state index contributed by atoms with van der Waals surface area (Å²) in [6.45, 7) is 9.69. The molecule has 55 heavy (non-hydrogen) atoms. The Morgan fingerprint density at radius 1 is 0.618 bits per heavy atom. The van der Waals surface area contributed by atoms with Crippen molar-refractivity contribution in [1.82, 2.24) is 14.5 Å². The molecule has 0 aliphatic heterocycles. The summed E-state index contributed by atoms with van der Waals surface area (Å²) < 4.78 is 87.5. The van der Waals surface area contributed by atoms with E-state index in [-0.39, 0.29) is 22.4 Å². The van der Waals surface area contributed by atoms with Gasteiger partial charge < -0.3 is 5.11 Å². The fourth-order valence-corrected chi connectivity index (χ4v) is 6.97. The molecule has 6 aromatic carbocycles. The highest BCUT2D eigenvalue weighted by molar-refractivity contribution is 5.97. The van der Waals surface area contributed by atoms with Crippen LogP contribution in [-0.4, -0.2) is 19.6 Å². The summed E-state index contributed by atoms with van der Waals surface area (Å²) in [6, 6.07) is 31.2. The molecule has 4 heteroatoms. The zero-order chi connectivity index (χ0) is 47.1. The van der Waals surface area contributed by atoms with Gasteiger partial charge in [-0.1, -0.05) is 138 Å². The third-order valence-electron chi connectivity index (χ3n) is 9.83. The standard InChI is InChI=1S/C51H47N3O/c1-33-20-22-34(23-21-33)36-26-27-52-45(31-36)38-28-37(29-39(30-38)50(2,3)4)42-17-13-18-46-48(42)53-49(43-16-11-12-19-47(43)55)54(46)40-24-25-41(35-14-9-8-10-15-35)44(32-40)51(5,6)7/h8-32,55H,1-7H3/i1D3,20D,21D,22D,23D,26D,27D,31D. The first kappa shape index (κ1) is 25.7. The Morgan fingerprint density at radius 2 is 1.35 bits per heavy atom. The average molecular weight is 728 g/mol. The molecule has 0 aliphatic rings. The van der Waals surface area contributed by atoms with Crippen molar-refractivity contribution in [3.63, 3.8) is 0 Å². The highest BCUT2D eigenvalue weighted by atomic mass is 16.3. The average Bonchev–Trinajstić information content (AvgIpc) is 3.64. The first-order valence-electron chi connectivity index (χ1n) is 23.2. The highest BCUT2D eigenvalue weighted by Gasteiger charge is 2.25. The number of fused-ring (bicyclic) bond motifs is 1. The van der Waals surface area contributed by atoms with Gasteiger partial charge in [-0.25, -0.2) is 4.98 Å². The van der Waals surface area contributed by atoms with Gasteiger partial charge in [-0.2, -0.15) is 0 Å². The van der Waals surface area contributed by atoms with E-state index in [0.717, 1.165) is 39.0 Å². The van der Waals surface area contributed by atoms with Crippen LogP contribution in [0.25, 0.3) is 72.7 Å². The lowest BCUT2D eigenvalue weighted by atomic mass is 9.81. The van der Waals surface area contributed by atoms with Crippen LogP contribution >= 0.6 is 0 Å². The summed E-state index contributed by atoms with van der Waals surface area (Å²) >= 11 is 0. The largest absolute Gasteiger partial charge is 0.507 e. The molecule has 0 amide bonds. The molecule has 4 nitrogen and oxygen atoms in total. The molecular weight excluding hydrogens is 671 g/mol. The molecule has 0 spiro atoms. The molecule has 0 unspecified atom stereocenters. The minimum atomic E-state index is -2.96. The van der Waals surface area contributed by atoms with Crippen LogP contribution in [0.5, 0.6) is 5.75 Å². The maximum atomic E-state index is 11.3. The molecule has 272 valence electrons. The fourth-order valence-electron chi connectivity index (χ4n) is 6.97. The van der Waals surface area contributed by atoms with Gasteiger partial charge in [0.1, 0.15) is 11.6 Å². The van der Waals surface area contributed by atoms with Crippen molar-refractivity contribution in [2.24, 2.45) is 0 Å². The number of hydrogen-bond donors (Lipinski definition) is 1. The molecule has 8 rings (SSSR count). The molecule has 0 fully saturated rings. The molecule has 0 aliphatic carbocycles. The Kier molecular flexibility index (Phi) is 6.48. The van der Waals surface area contributed by atoms with Crippen LogP contribution in [0, 0.1) is 6.85 Å². The molecule has 2 heterocycles. The highest BCUT2D eigenvalue weighted by Crippen LogP contribution is 2.42. The first-order chi connectivity index (χ1) is 30.5. The normalized spacial score (nSPS) is 14.8. The third-order valence-corrected chi connectivity index (χ3v) is 9.83. The van der Waals surface area contributed by atoms with Gasteiger partial charge in [0.15, 0.2) is 0 Å². The van der Waals surface area contributed by atoms with Crippen molar-refractivity contribution < 1.29 is 18.8 Å². The minimum Gasteiger partial charge on any atom is -0.507 e. The zero-order valence-corrected chi connectivity index (χ0v) is 31.7. The van der Waals surface area contributed by atoms with Crippen LogP contribution in [0.1, 0.15) is 71.9 Å². The van der Waals surface area contributed by atoms with Crippen molar-refractivity contribution in [3.8, 4) is 67.5 Å². The summed E-state index contributed by atoms with van der Waals surface area (Å²) in [5.41, 5.74) is 6.38. The van der Waals surface area contributed by atoms with Crippen LogP contribution in [0.2, 0.25) is 0 Å². The quantitative estimate of drug-likeness (QED) is 0.186. The number of aromatic hydroxyl groups is 1. The van der Waals surface area contributed by atoms with E-state index in [9.17, 15) is 6.48 Å². The fraction of sp³-hybridized carbons (Fsp3) is 0.176. The smallest absolute Gasteiger partial charge is 0.149 e. The molecule has 8 aromatic rings. The molecule has 0 saturated carbocycles. The third kappa shape index (κ3) is 6.97. The molecule has 1 N–H and O–H groups in total. The number of rotatable bonds is 6. The number of aromatic nitrogens is 3. The first-order valence-corrected chi connectivity index (χ1v) is 18.2. The van der Waals surface area contributed by atoms with Gasteiger partial charge in [-0.15, -0.1) is 0 Å². The Morgan fingerprint density at radius 3 is 2.07 bits per heavy atom. The number of hydrogen-bond acceptors (Lipinski definition) is 3. The Bertz CT molecular complexity index is 3170. The topological polar surface area (TPSA) is 50.9 Å². The van der Waals surface area contributed by atoms with Gasteiger partial charge in [0.05, 0.1) is 31.9 Å². The molecular formula is C51H47N3O. The van der Waals surface area contributed by atoms with E-state index in [2.05, 4.69) is 60.7 Å². The lowest BCUT2D eigenvalue weighted by Gasteiger charge is -2.25. The van der Waals surface area contributed by atoms with Crippen molar-refractivity contribution in [1.29, 1.82) is 0 Å². The summed E-state index contributed by atoms with van der Waals surface area (Å²) in [4.78, 5) is 9.71. The van der Waals surface area contributed by atoms with Crippen molar-refractivity contribution in [3.05, 3.63) is 168 Å². The summed E-state index contributed by atoms with van der Waals surface area (Å²) in [7, 11) is 0. The predicted octanol–water partition coefficient (Wildman–Crippen LogP) is 13.4. The second kappa shape index (κ2) is 13.9. The Labute approximate surface area is 338 Å². The van der Waals surface area contributed by atoms with Crippen molar-refractivity contribution in [2.75, 3.05) is 0 Å². The number of phenolic OH excluding ortho intramolecular Hbond substituents is 1. The monoisotopic (exact) mass is 727 g/mol. The number of imidazole rings is 1. The van der Waals surface area contributed by atoms with E-state index in [0.29, 0.717) is 28.0 Å². The zero-order valence-electron chi connectivity index (χ0n) is 41.7. The predicted molar refractivity (Wildman–Crippen MR) is 230 cm³/mol. The van der Waals surface area contributed by atoms with Crippen molar-refractivity contribution in [2.45, 2.75) is 59.2 Å². The molecule has 0 saturated heterocycles. The van der Waals surface area contributed by atoms with Gasteiger partial charge in [-0.05, 0) is 111 Å². The maximum Gasteiger partial charge on any atom is 0.149 e. The van der Waals surface area contributed by atoms with Crippen LogP contribution in [-0.2, 0) is 10.8 Å². The van der Waals surface area contributed by atoms with Gasteiger partial charge in [0.25, 0.3) is 0 Å². The van der Waals surface area contributed by atoms with Crippen molar-refractivity contribution >= 4 is 11.0 Å². The van der Waals surface area contributed by atoms with Crippen LogP contribution in [0.4, 0.5) is 0 Å². The molecule has 0 radical (unpaired) electrons. The number of nitrogens with zero attached hydrogens (tertiary/aromatic N) is 3. The number of phenols is 1. The van der Waals surface area contributed by atoms with Gasteiger partial charge in [0, 0.05) is 27.1 Å². The van der Waals surface area contributed by atoms with E-state index in [1.165, 1.54) is 0 Å². The lowest BCUT2D eigenvalue weighted by molar-refractivity contribution is 0.477. The van der Waals surface area contributed by atoms with Crippen LogP contribution in [0.15, 0.2) is 152 Å². The van der Waals surface area contributed by atoms with E-state index >= 15 is 0 Å². The SMILES string of the molecule is [2H]c1nc(-c2cc(-c3cccc4c3nc(-c3ccccc3O)n4-c3ccc(-c4ccccc4)c(C(C)(C)C)c3)cc(C(C)(C)C)c2)c([2H])c(-c2c([2H])c([2H])c(C([2H])([2H])[2H])c([2H])c2[2H])c1[2H]. The molecule has 0 atom stereocenters. The second-order valence-electron chi connectivity index (χ2n) is 15.8. The minimum absolute atomic E-state index is 0.0362. The summed E-state index contributed by atoms with van der Waals surface area (Å²) in [6.07, 6.45) is -0.563. The van der Waals surface area contributed by atoms with E-state index in [4.69, 9.17) is 17.3 Å². The Balaban J connectivity index is 1.40. The second-order valence-corrected chi connectivity index (χ2v) is 15.8. The summed E-state index contributed by atoms with van der Waals surface area (Å²) in [5, 5.41) is 11.3. The maximum absolute atomic E-state index is 11.3. The number of para-hydroxylation sites is 2. The summed E-state index contributed by atoms with van der Waals surface area (Å²) in [5.74, 6) is 0.572. The van der Waals surface area contributed by atoms with E-state index in [1.807, 2.05) is 87.5 Å². The van der Waals surface area contributed by atoms with Crippen LogP contribution < -0.4 is 0 Å². The van der Waals surface area contributed by atoms with Crippen LogP contribution in [0.3, 0.4) is 0 Å². The van der Waals surface area contributed by atoms with Gasteiger partial charge in [-0.3, -0.25) is 9.55 Å². The Hall–Kier alpha value is -6.26. The molecule has 2 aromatic heterocycles. The van der Waals surface area contributed by atoms with E-state index < -0.39 is 65.8 Å². The number of benzene rings is 6. The van der Waals surface area contributed by atoms with E-state index in [1.54, 1.807) is 12.1 Å². The lowest BCUT2D eigenvalue weighted by Crippen LogP contribution is -2.14. The molecule has 0 bridgehead atoms.